The topological polar surface area (TPSA) is 83.1 Å². The van der Waals surface area contributed by atoms with Crippen molar-refractivity contribution in [2.24, 2.45) is 13.7 Å². The molecule has 0 unspecified atom stereocenters. The second-order valence-corrected chi connectivity index (χ2v) is 6.21. The predicted molar refractivity (Wildman–Crippen MR) is 78.7 cm³/mol. The third-order valence-corrected chi connectivity index (χ3v) is 4.70. The molecule has 0 spiro atoms. The van der Waals surface area contributed by atoms with E-state index in [0.29, 0.717) is 6.54 Å². The molecule has 0 radical (unpaired) electrons. The van der Waals surface area contributed by atoms with Gasteiger partial charge in [0.15, 0.2) is 0 Å². The van der Waals surface area contributed by atoms with Crippen LogP contribution in [0.25, 0.3) is 0 Å². The Bertz CT molecular complexity index is 588. The molecule has 0 saturated carbocycles. The van der Waals surface area contributed by atoms with E-state index in [1.165, 1.54) is 0 Å². The van der Waals surface area contributed by atoms with Crippen LogP contribution in [-0.4, -0.2) is 51.1 Å². The number of rotatable bonds is 3. The second-order valence-electron chi connectivity index (χ2n) is 5.10. The number of benzene rings is 1. The molecule has 2 aliphatic heterocycles. The molecule has 2 heterocycles. The van der Waals surface area contributed by atoms with Gasteiger partial charge in [0.25, 0.3) is 0 Å². The van der Waals surface area contributed by atoms with E-state index in [-0.39, 0.29) is 26.5 Å². The summed E-state index contributed by atoms with van der Waals surface area (Å²) in [6.07, 6.45) is 1.93. The van der Waals surface area contributed by atoms with Crippen molar-refractivity contribution in [3.05, 3.63) is 18.2 Å². The summed E-state index contributed by atoms with van der Waals surface area (Å²) >= 11 is -0.0772. The number of nitrogens with zero attached hydrogens (tertiary/aromatic N) is 3. The number of amides is 1. The van der Waals surface area contributed by atoms with Gasteiger partial charge in [-0.15, -0.1) is 0 Å². The van der Waals surface area contributed by atoms with Crippen LogP contribution in [-0.2, 0) is 4.79 Å². The zero-order valence-corrected chi connectivity index (χ0v) is 12.8. The van der Waals surface area contributed by atoms with Gasteiger partial charge in [-0.3, -0.25) is 0 Å². The minimum absolute atomic E-state index is 0.00321. The summed E-state index contributed by atoms with van der Waals surface area (Å²) < 4.78 is 8.67. The Hall–Kier alpha value is -1.27. The standard InChI is InChI=1S/C13H17N5OSe/c14-9-4-6-18(7-5-9)8-12(19)15-10-2-1-3-11-13(10)17-20-16-11/h1-3,9H,4-8,14H2,(H,15,19). The van der Waals surface area contributed by atoms with Crippen LogP contribution in [0.1, 0.15) is 12.8 Å². The first-order valence-corrected chi connectivity index (χ1v) is 8.24. The van der Waals surface area contributed by atoms with Gasteiger partial charge in [-0.05, 0) is 0 Å². The van der Waals surface area contributed by atoms with E-state index in [9.17, 15) is 4.79 Å². The maximum absolute atomic E-state index is 12.1. The Morgan fingerprint density at radius 2 is 2.20 bits per heavy atom. The average Bonchev–Trinajstić information content (AvgIpc) is 2.91. The van der Waals surface area contributed by atoms with Crippen molar-refractivity contribution >= 4 is 37.5 Å². The second kappa shape index (κ2) is 6.01. The van der Waals surface area contributed by atoms with Crippen molar-refractivity contribution in [2.45, 2.75) is 18.9 Å². The van der Waals surface area contributed by atoms with Gasteiger partial charge in [-0.1, -0.05) is 0 Å². The van der Waals surface area contributed by atoms with Crippen LogP contribution < -0.4 is 11.1 Å². The number of anilines is 1. The van der Waals surface area contributed by atoms with Crippen molar-refractivity contribution in [1.29, 1.82) is 0 Å². The minimum atomic E-state index is -0.0772. The number of nitrogens with one attached hydrogen (secondary N) is 1. The van der Waals surface area contributed by atoms with E-state index in [2.05, 4.69) is 18.1 Å². The molecule has 6 nitrogen and oxygen atoms in total. The molecule has 1 aromatic rings. The van der Waals surface area contributed by atoms with Crippen LogP contribution in [0.5, 0.6) is 0 Å². The molecular formula is C13H17N5OSe. The van der Waals surface area contributed by atoms with Crippen LogP contribution in [0.15, 0.2) is 26.1 Å². The molecular weight excluding hydrogens is 321 g/mol. The number of piperidine rings is 1. The van der Waals surface area contributed by atoms with E-state index >= 15 is 0 Å². The molecule has 3 N–H and O–H groups in total. The summed E-state index contributed by atoms with van der Waals surface area (Å²) in [4.78, 5) is 14.3. The van der Waals surface area contributed by atoms with E-state index in [1.54, 1.807) is 0 Å². The molecule has 0 aromatic heterocycles. The monoisotopic (exact) mass is 339 g/mol. The molecule has 0 aliphatic carbocycles. The fourth-order valence-corrected chi connectivity index (χ4v) is 3.56. The first kappa shape index (κ1) is 13.7. The summed E-state index contributed by atoms with van der Waals surface area (Å²) in [6, 6.07) is 5.99. The van der Waals surface area contributed by atoms with Gasteiger partial charge in [0.05, 0.1) is 0 Å². The van der Waals surface area contributed by atoms with Gasteiger partial charge in [0, 0.05) is 0 Å². The SMILES string of the molecule is NC1CCN(CC(=O)Nc2cccc3c2N=[Se]=N3)CC1. The van der Waals surface area contributed by atoms with E-state index in [4.69, 9.17) is 5.73 Å². The van der Waals surface area contributed by atoms with Crippen molar-refractivity contribution in [2.75, 3.05) is 25.0 Å². The van der Waals surface area contributed by atoms with E-state index in [1.807, 2.05) is 18.2 Å². The predicted octanol–water partition coefficient (Wildman–Crippen LogP) is 1.40. The number of hydrogen-bond acceptors (Lipinski definition) is 5. The molecule has 1 fully saturated rings. The third-order valence-electron chi connectivity index (χ3n) is 3.56. The van der Waals surface area contributed by atoms with Crippen molar-refractivity contribution in [3.8, 4) is 0 Å². The molecule has 0 atom stereocenters. The Balaban J connectivity index is 1.60. The van der Waals surface area contributed by atoms with Gasteiger partial charge >= 0.3 is 123 Å². The average molecular weight is 338 g/mol. The van der Waals surface area contributed by atoms with Crippen molar-refractivity contribution < 1.29 is 4.79 Å². The van der Waals surface area contributed by atoms with Crippen LogP contribution in [0.4, 0.5) is 17.1 Å². The Labute approximate surface area is 123 Å². The molecule has 20 heavy (non-hydrogen) atoms. The Morgan fingerprint density at radius 3 is 3.00 bits per heavy atom. The molecule has 1 saturated heterocycles. The maximum atomic E-state index is 12.1. The number of hydrogen-bond donors (Lipinski definition) is 2. The van der Waals surface area contributed by atoms with Crippen molar-refractivity contribution in [1.82, 2.24) is 4.90 Å². The number of fused-ring (bicyclic) bond motifs is 1. The van der Waals surface area contributed by atoms with Crippen LogP contribution in [0.2, 0.25) is 0 Å². The summed E-state index contributed by atoms with van der Waals surface area (Å²) in [5.41, 5.74) is 8.33. The summed E-state index contributed by atoms with van der Waals surface area (Å²) in [6.45, 7) is 2.20. The van der Waals surface area contributed by atoms with Crippen molar-refractivity contribution in [3.63, 3.8) is 0 Å². The number of carbonyl (C=O) groups is 1. The van der Waals surface area contributed by atoms with Gasteiger partial charge < -0.3 is 0 Å². The van der Waals surface area contributed by atoms with Gasteiger partial charge in [0.2, 0.25) is 0 Å². The third kappa shape index (κ3) is 3.07. The molecule has 1 aromatic carbocycles. The quantitative estimate of drug-likeness (QED) is 0.830. The molecule has 1 amide bonds. The first-order valence-electron chi connectivity index (χ1n) is 6.71. The first-order chi connectivity index (χ1) is 9.72. The normalized spacial score (nSPS) is 18.6. The molecule has 3 rings (SSSR count). The molecule has 0 bridgehead atoms. The molecule has 106 valence electrons. The van der Waals surface area contributed by atoms with Gasteiger partial charge in [-0.2, -0.15) is 0 Å². The van der Waals surface area contributed by atoms with E-state index in [0.717, 1.165) is 43.0 Å². The Morgan fingerprint density at radius 1 is 1.40 bits per heavy atom. The summed E-state index contributed by atoms with van der Waals surface area (Å²) in [5.74, 6) is 0.00321. The zero-order chi connectivity index (χ0) is 13.9. The van der Waals surface area contributed by atoms with Crippen LogP contribution in [0, 0.1) is 0 Å². The number of nitrogens with two attached hydrogens (primary N) is 1. The van der Waals surface area contributed by atoms with Crippen LogP contribution in [0.3, 0.4) is 0 Å². The van der Waals surface area contributed by atoms with Gasteiger partial charge in [0.1, 0.15) is 0 Å². The summed E-state index contributed by atoms with van der Waals surface area (Å²) in [7, 11) is 0. The molecule has 2 aliphatic rings. The fourth-order valence-electron chi connectivity index (χ4n) is 2.41. The zero-order valence-electron chi connectivity index (χ0n) is 11.1. The summed E-state index contributed by atoms with van der Waals surface area (Å²) in [5, 5.41) is 2.95. The molecule has 7 heteroatoms. The van der Waals surface area contributed by atoms with E-state index < -0.39 is 0 Å². The number of likely N-dealkylation sites (tertiary alicyclic amines) is 1. The number of carbonyl (C=O) groups excluding carboxylic acids is 1. The van der Waals surface area contributed by atoms with Crippen LogP contribution >= 0.6 is 0 Å². The Kier molecular flexibility index (Phi) is 4.12. The fraction of sp³-hybridized carbons (Fsp3) is 0.462. The van der Waals surface area contributed by atoms with Gasteiger partial charge in [-0.25, -0.2) is 0 Å².